The number of nitrogens with one attached hydrogen (secondary N) is 1. The largest absolute Gasteiger partial charge is 0.481 e. The molecule has 7 heteroatoms. The summed E-state index contributed by atoms with van der Waals surface area (Å²) in [6.07, 6.45) is -1.07. The van der Waals surface area contributed by atoms with Gasteiger partial charge in [0.2, 0.25) is 0 Å². The highest BCUT2D eigenvalue weighted by atomic mass is 16.6. The van der Waals surface area contributed by atoms with Crippen molar-refractivity contribution >= 4 is 18.0 Å². The van der Waals surface area contributed by atoms with Crippen molar-refractivity contribution < 1.29 is 29.3 Å². The summed E-state index contributed by atoms with van der Waals surface area (Å²) in [5.41, 5.74) is 0. The van der Waals surface area contributed by atoms with Gasteiger partial charge in [0.25, 0.3) is 0 Å². The average molecular weight is 247 g/mol. The zero-order chi connectivity index (χ0) is 13.4. The number of carboxylic acids is 2. The summed E-state index contributed by atoms with van der Waals surface area (Å²) >= 11 is 0. The normalized spacial score (nSPS) is 11.9. The van der Waals surface area contributed by atoms with Gasteiger partial charge >= 0.3 is 18.0 Å². The Hall–Kier alpha value is -1.79. The Labute approximate surface area is 98.8 Å². The number of carbonyl (C=O) groups excluding carboxylic acids is 1. The lowest BCUT2D eigenvalue weighted by molar-refractivity contribution is -0.141. The second-order valence-electron chi connectivity index (χ2n) is 3.78. The Morgan fingerprint density at radius 1 is 1.24 bits per heavy atom. The number of ether oxygens (including phenoxy) is 1. The molecule has 98 valence electrons. The van der Waals surface area contributed by atoms with E-state index in [2.05, 4.69) is 5.32 Å². The summed E-state index contributed by atoms with van der Waals surface area (Å²) in [6.45, 7) is 3.28. The van der Waals surface area contributed by atoms with Crippen LogP contribution in [0.2, 0.25) is 0 Å². The van der Waals surface area contributed by atoms with Crippen LogP contribution in [0.25, 0.3) is 0 Å². The number of aliphatic carboxylic acids is 2. The quantitative estimate of drug-likeness (QED) is 0.614. The first-order valence-corrected chi connectivity index (χ1v) is 5.24. The molecule has 1 amide bonds. The number of amides is 1. The van der Waals surface area contributed by atoms with Crippen molar-refractivity contribution in [3.05, 3.63) is 0 Å². The molecular weight excluding hydrogens is 230 g/mol. The third-order valence-electron chi connectivity index (χ3n) is 1.82. The molecule has 0 spiro atoms. The summed E-state index contributed by atoms with van der Waals surface area (Å²) in [4.78, 5) is 32.2. The number of hydrogen-bond donors (Lipinski definition) is 3. The fraction of sp³-hybridized carbons (Fsp3) is 0.700. The maximum atomic E-state index is 11.2. The zero-order valence-electron chi connectivity index (χ0n) is 9.80. The van der Waals surface area contributed by atoms with Gasteiger partial charge in [0.15, 0.2) is 0 Å². The van der Waals surface area contributed by atoms with Gasteiger partial charge < -0.3 is 20.3 Å². The number of carbonyl (C=O) groups is 3. The third kappa shape index (κ3) is 8.06. The van der Waals surface area contributed by atoms with Gasteiger partial charge in [-0.25, -0.2) is 9.59 Å². The summed E-state index contributed by atoms with van der Waals surface area (Å²) < 4.78 is 4.73. The van der Waals surface area contributed by atoms with Crippen LogP contribution in [0.15, 0.2) is 0 Å². The molecule has 0 aliphatic carbocycles. The number of hydrogen-bond acceptors (Lipinski definition) is 4. The van der Waals surface area contributed by atoms with Crippen LogP contribution in [0.1, 0.15) is 33.1 Å². The third-order valence-corrected chi connectivity index (χ3v) is 1.82. The number of alkyl carbamates (subject to hydrolysis) is 1. The molecule has 0 rings (SSSR count). The smallest absolute Gasteiger partial charge is 0.408 e. The molecule has 0 heterocycles. The minimum atomic E-state index is -1.21. The van der Waals surface area contributed by atoms with Gasteiger partial charge in [-0.1, -0.05) is 0 Å². The van der Waals surface area contributed by atoms with Crippen molar-refractivity contribution in [3.8, 4) is 0 Å². The predicted molar refractivity (Wildman–Crippen MR) is 57.7 cm³/mol. The second kappa shape index (κ2) is 7.48. The fourth-order valence-corrected chi connectivity index (χ4v) is 1.11. The lowest BCUT2D eigenvalue weighted by atomic mass is 10.1. The van der Waals surface area contributed by atoms with E-state index in [9.17, 15) is 14.4 Å². The topological polar surface area (TPSA) is 113 Å². The van der Waals surface area contributed by atoms with Gasteiger partial charge in [0.05, 0.1) is 6.10 Å². The van der Waals surface area contributed by atoms with Crippen molar-refractivity contribution in [3.63, 3.8) is 0 Å². The highest BCUT2D eigenvalue weighted by Gasteiger charge is 2.21. The van der Waals surface area contributed by atoms with Crippen LogP contribution in [0.5, 0.6) is 0 Å². The SMILES string of the molecule is CC(C)OC(=O)N[C@H](CCCC(=O)O)C(=O)O. The van der Waals surface area contributed by atoms with Gasteiger partial charge in [0.1, 0.15) is 6.04 Å². The molecule has 0 aliphatic heterocycles. The van der Waals surface area contributed by atoms with E-state index in [1.807, 2.05) is 0 Å². The molecule has 0 aliphatic rings. The fourth-order valence-electron chi connectivity index (χ4n) is 1.11. The Balaban J connectivity index is 4.11. The lowest BCUT2D eigenvalue weighted by Crippen LogP contribution is -2.41. The van der Waals surface area contributed by atoms with E-state index in [-0.39, 0.29) is 25.4 Å². The molecule has 0 bridgehead atoms. The molecular formula is C10H17NO6. The monoisotopic (exact) mass is 247 g/mol. The molecule has 3 N–H and O–H groups in total. The van der Waals surface area contributed by atoms with E-state index >= 15 is 0 Å². The standard InChI is InChI=1S/C10H17NO6/c1-6(2)17-10(16)11-7(9(14)15)4-3-5-8(12)13/h6-7H,3-5H2,1-2H3,(H,11,16)(H,12,13)(H,14,15)/t7-/m1/s1. The van der Waals surface area contributed by atoms with E-state index in [1.54, 1.807) is 13.8 Å². The maximum absolute atomic E-state index is 11.2. The van der Waals surface area contributed by atoms with Crippen LogP contribution >= 0.6 is 0 Å². The molecule has 0 aromatic carbocycles. The van der Waals surface area contributed by atoms with Crippen molar-refractivity contribution in [1.82, 2.24) is 5.32 Å². The minimum absolute atomic E-state index is 0.0504. The highest BCUT2D eigenvalue weighted by molar-refractivity contribution is 5.79. The van der Waals surface area contributed by atoms with E-state index < -0.39 is 24.1 Å². The Morgan fingerprint density at radius 2 is 1.82 bits per heavy atom. The first kappa shape index (κ1) is 15.2. The van der Waals surface area contributed by atoms with Gasteiger partial charge in [-0.05, 0) is 26.7 Å². The van der Waals surface area contributed by atoms with Crippen molar-refractivity contribution in [2.45, 2.75) is 45.3 Å². The van der Waals surface area contributed by atoms with Gasteiger partial charge in [0, 0.05) is 6.42 Å². The maximum Gasteiger partial charge on any atom is 0.408 e. The molecule has 17 heavy (non-hydrogen) atoms. The van der Waals surface area contributed by atoms with Crippen LogP contribution < -0.4 is 5.32 Å². The average Bonchev–Trinajstić information content (AvgIpc) is 2.13. The summed E-state index contributed by atoms with van der Waals surface area (Å²) in [6, 6.07) is -1.12. The van der Waals surface area contributed by atoms with Crippen molar-refractivity contribution in [2.75, 3.05) is 0 Å². The molecule has 1 atom stereocenters. The molecule has 0 radical (unpaired) electrons. The number of rotatable bonds is 7. The van der Waals surface area contributed by atoms with Crippen LogP contribution in [0.3, 0.4) is 0 Å². The Bertz CT molecular complexity index is 289. The Kier molecular flexibility index (Phi) is 6.69. The van der Waals surface area contributed by atoms with E-state index in [0.29, 0.717) is 0 Å². The zero-order valence-corrected chi connectivity index (χ0v) is 9.80. The number of carboxylic acid groups (broad SMARTS) is 2. The molecule has 0 aromatic heterocycles. The first-order valence-electron chi connectivity index (χ1n) is 5.24. The molecule has 0 aromatic rings. The molecule has 7 nitrogen and oxygen atoms in total. The summed E-state index contributed by atoms with van der Waals surface area (Å²) in [7, 11) is 0. The highest BCUT2D eigenvalue weighted by Crippen LogP contribution is 2.02. The van der Waals surface area contributed by atoms with Gasteiger partial charge in [-0.2, -0.15) is 0 Å². The van der Waals surface area contributed by atoms with Crippen LogP contribution in [-0.4, -0.2) is 40.4 Å². The van der Waals surface area contributed by atoms with Gasteiger partial charge in [-0.3, -0.25) is 4.79 Å². The Morgan fingerprint density at radius 3 is 2.24 bits per heavy atom. The van der Waals surface area contributed by atoms with Crippen LogP contribution in [-0.2, 0) is 14.3 Å². The van der Waals surface area contributed by atoms with E-state index in [0.717, 1.165) is 0 Å². The summed E-state index contributed by atoms with van der Waals surface area (Å²) in [5.74, 6) is -2.21. The van der Waals surface area contributed by atoms with Crippen molar-refractivity contribution in [2.24, 2.45) is 0 Å². The van der Waals surface area contributed by atoms with E-state index in [4.69, 9.17) is 14.9 Å². The molecule has 0 unspecified atom stereocenters. The first-order chi connectivity index (χ1) is 7.82. The molecule has 0 fully saturated rings. The van der Waals surface area contributed by atoms with Gasteiger partial charge in [-0.15, -0.1) is 0 Å². The minimum Gasteiger partial charge on any atom is -0.481 e. The molecule has 0 saturated carbocycles. The van der Waals surface area contributed by atoms with Crippen molar-refractivity contribution in [1.29, 1.82) is 0 Å². The summed E-state index contributed by atoms with van der Waals surface area (Å²) in [5, 5.41) is 19.4. The van der Waals surface area contributed by atoms with Crippen LogP contribution in [0, 0.1) is 0 Å². The lowest BCUT2D eigenvalue weighted by Gasteiger charge is -2.15. The van der Waals surface area contributed by atoms with E-state index in [1.165, 1.54) is 0 Å². The molecule has 0 saturated heterocycles. The van der Waals surface area contributed by atoms with Crippen LogP contribution in [0.4, 0.5) is 4.79 Å². The predicted octanol–water partition coefficient (Wildman–Crippen LogP) is 0.829. The second-order valence-corrected chi connectivity index (χ2v) is 3.78.